The van der Waals surface area contributed by atoms with E-state index in [0.717, 1.165) is 6.92 Å². The molecule has 0 rings (SSSR count). The molecule has 0 heterocycles. The van der Waals surface area contributed by atoms with Crippen molar-refractivity contribution in [3.63, 3.8) is 0 Å². The Bertz CT molecular complexity index is 687. The van der Waals surface area contributed by atoms with E-state index < -0.39 is 78.7 Å². The molecule has 14 nitrogen and oxygen atoms in total. The summed E-state index contributed by atoms with van der Waals surface area (Å²) in [4.78, 5) is 69.7. The van der Waals surface area contributed by atoms with Crippen LogP contribution < -0.4 is 27.4 Å². The van der Waals surface area contributed by atoms with E-state index in [1.165, 1.54) is 0 Å². The van der Waals surface area contributed by atoms with Crippen LogP contribution in [0, 0.1) is 0 Å². The Kier molecular flexibility index (Phi) is 11.4. The van der Waals surface area contributed by atoms with Crippen molar-refractivity contribution in [1.29, 1.82) is 0 Å². The zero-order valence-corrected chi connectivity index (χ0v) is 16.8. The summed E-state index contributed by atoms with van der Waals surface area (Å²) in [6.07, 6.45) is -3.18. The molecule has 5 atom stereocenters. The normalized spacial score (nSPS) is 15.6. The Hall–Kier alpha value is -2.91. The number of hydrogen-bond donors (Lipinski definition) is 9. The first-order chi connectivity index (χ1) is 13.8. The quantitative estimate of drug-likeness (QED) is 0.121. The number of carboxylic acids is 2. The maximum Gasteiger partial charge on any atom is 0.326 e. The number of primary amides is 1. The van der Waals surface area contributed by atoms with Gasteiger partial charge in [0.05, 0.1) is 25.0 Å². The van der Waals surface area contributed by atoms with E-state index in [2.05, 4.69) is 23.3 Å². The number of carbonyl (C=O) groups excluding carboxylic acids is 4. The van der Waals surface area contributed by atoms with E-state index in [0.29, 0.717) is 0 Å². The van der Waals surface area contributed by atoms with Crippen molar-refractivity contribution in [3.8, 4) is 0 Å². The predicted octanol–water partition coefficient (Wildman–Crippen LogP) is -4.49. The lowest BCUT2D eigenvalue weighted by Gasteiger charge is -2.25. The number of aliphatic hydroxyl groups is 1. The molecule has 0 fully saturated rings. The second kappa shape index (κ2) is 12.6. The molecule has 0 aliphatic carbocycles. The Labute approximate surface area is 176 Å². The van der Waals surface area contributed by atoms with Gasteiger partial charge < -0.3 is 42.7 Å². The molecule has 0 aliphatic rings. The lowest BCUT2D eigenvalue weighted by atomic mass is 10.1. The molecule has 30 heavy (non-hydrogen) atoms. The molecule has 0 aromatic rings. The minimum absolute atomic E-state index is 0.0627. The van der Waals surface area contributed by atoms with Crippen molar-refractivity contribution in [2.24, 2.45) is 11.5 Å². The van der Waals surface area contributed by atoms with E-state index in [4.69, 9.17) is 21.7 Å². The minimum Gasteiger partial charge on any atom is -0.481 e. The van der Waals surface area contributed by atoms with E-state index in [1.54, 1.807) is 0 Å². The average molecular weight is 451 g/mol. The molecule has 15 heteroatoms. The molecular formula is C15H25N5O9S. The third-order valence-electron chi connectivity index (χ3n) is 3.63. The Morgan fingerprint density at radius 3 is 1.83 bits per heavy atom. The maximum atomic E-state index is 12.4. The van der Waals surface area contributed by atoms with E-state index in [9.17, 15) is 33.9 Å². The van der Waals surface area contributed by atoms with Gasteiger partial charge in [0.25, 0.3) is 0 Å². The first kappa shape index (κ1) is 27.1. The van der Waals surface area contributed by atoms with Gasteiger partial charge in [-0.3, -0.25) is 24.0 Å². The number of amides is 4. The molecular weight excluding hydrogens is 426 g/mol. The van der Waals surface area contributed by atoms with Gasteiger partial charge in [0.2, 0.25) is 23.6 Å². The number of nitrogens with two attached hydrogens (primary N) is 2. The smallest absolute Gasteiger partial charge is 0.326 e. The summed E-state index contributed by atoms with van der Waals surface area (Å²) in [5.74, 6) is -7.42. The van der Waals surface area contributed by atoms with Crippen molar-refractivity contribution in [1.82, 2.24) is 16.0 Å². The summed E-state index contributed by atoms with van der Waals surface area (Å²) in [6, 6.07) is -6.23. The van der Waals surface area contributed by atoms with Crippen LogP contribution in [-0.4, -0.2) is 86.9 Å². The number of carboxylic acid groups (broad SMARTS) is 2. The maximum absolute atomic E-state index is 12.4. The van der Waals surface area contributed by atoms with Gasteiger partial charge in [-0.1, -0.05) is 0 Å². The van der Waals surface area contributed by atoms with Crippen LogP contribution in [0.1, 0.15) is 19.8 Å². The molecule has 0 radical (unpaired) electrons. The fourth-order valence-electron chi connectivity index (χ4n) is 2.07. The summed E-state index contributed by atoms with van der Waals surface area (Å²) in [5.41, 5.74) is 10.5. The fourth-order valence-corrected chi connectivity index (χ4v) is 2.23. The van der Waals surface area contributed by atoms with Crippen molar-refractivity contribution >= 4 is 48.2 Å². The highest BCUT2D eigenvalue weighted by molar-refractivity contribution is 7.80. The molecule has 0 saturated heterocycles. The fraction of sp³-hybridized carbons (Fsp3) is 0.600. The number of rotatable bonds is 13. The molecule has 4 amide bonds. The molecule has 0 aromatic carbocycles. The number of carbonyl (C=O) groups is 6. The van der Waals surface area contributed by atoms with Crippen molar-refractivity contribution in [2.45, 2.75) is 50.0 Å². The van der Waals surface area contributed by atoms with E-state index in [1.807, 2.05) is 5.32 Å². The first-order valence-electron chi connectivity index (χ1n) is 8.48. The highest BCUT2D eigenvalue weighted by atomic mass is 32.1. The monoisotopic (exact) mass is 451 g/mol. The molecule has 5 unspecified atom stereocenters. The Morgan fingerprint density at radius 2 is 1.43 bits per heavy atom. The second-order valence-corrected chi connectivity index (χ2v) is 6.61. The van der Waals surface area contributed by atoms with Gasteiger partial charge in [-0.15, -0.1) is 0 Å². The zero-order valence-electron chi connectivity index (χ0n) is 15.9. The zero-order chi connectivity index (χ0) is 23.6. The van der Waals surface area contributed by atoms with Gasteiger partial charge in [0.15, 0.2) is 0 Å². The van der Waals surface area contributed by atoms with Crippen LogP contribution in [0.3, 0.4) is 0 Å². The van der Waals surface area contributed by atoms with Crippen LogP contribution in [0.15, 0.2) is 0 Å². The van der Waals surface area contributed by atoms with Gasteiger partial charge in [0.1, 0.15) is 18.1 Å². The summed E-state index contributed by atoms with van der Waals surface area (Å²) >= 11 is 3.83. The second-order valence-electron chi connectivity index (χ2n) is 6.24. The SMILES string of the molecule is CC(O)C(NC(=O)C(N)CS)C(=O)NC(CC(N)=O)C(=O)NC(CC(=O)O)C(=O)O. The van der Waals surface area contributed by atoms with Crippen LogP contribution in [0.4, 0.5) is 0 Å². The Morgan fingerprint density at radius 1 is 0.900 bits per heavy atom. The highest BCUT2D eigenvalue weighted by Gasteiger charge is 2.33. The third kappa shape index (κ3) is 9.53. The summed E-state index contributed by atoms with van der Waals surface area (Å²) in [6.45, 7) is 1.16. The van der Waals surface area contributed by atoms with Crippen LogP contribution in [0.2, 0.25) is 0 Å². The highest BCUT2D eigenvalue weighted by Crippen LogP contribution is 2.01. The summed E-state index contributed by atoms with van der Waals surface area (Å²) in [5, 5.41) is 33.6. The minimum atomic E-state index is -1.84. The topological polar surface area (TPSA) is 251 Å². The van der Waals surface area contributed by atoms with Crippen LogP contribution >= 0.6 is 12.6 Å². The summed E-state index contributed by atoms with van der Waals surface area (Å²) in [7, 11) is 0. The van der Waals surface area contributed by atoms with Crippen molar-refractivity contribution in [2.75, 3.05) is 5.75 Å². The van der Waals surface area contributed by atoms with E-state index >= 15 is 0 Å². The predicted molar refractivity (Wildman–Crippen MR) is 103 cm³/mol. The molecule has 0 aromatic heterocycles. The number of aliphatic carboxylic acids is 2. The largest absolute Gasteiger partial charge is 0.481 e. The van der Waals surface area contributed by atoms with Crippen molar-refractivity contribution in [3.05, 3.63) is 0 Å². The van der Waals surface area contributed by atoms with Crippen LogP contribution in [0.25, 0.3) is 0 Å². The first-order valence-corrected chi connectivity index (χ1v) is 9.11. The number of aliphatic hydroxyl groups excluding tert-OH is 1. The number of nitrogens with one attached hydrogen (secondary N) is 3. The molecule has 10 N–H and O–H groups in total. The standard InChI is InChI=1S/C15H25N5O9S/c1-5(21)11(20-12(25)6(16)4-30)14(27)18-7(2-9(17)22)13(26)19-8(15(28)29)3-10(23)24/h5-8,11,21,30H,2-4,16H2,1H3,(H2,17,22)(H,18,27)(H,19,26)(H,20,25)(H,23,24)(H,28,29). The lowest BCUT2D eigenvalue weighted by molar-refractivity contribution is -0.147. The molecule has 170 valence electrons. The van der Waals surface area contributed by atoms with Gasteiger partial charge in [-0.2, -0.15) is 12.6 Å². The lowest BCUT2D eigenvalue weighted by Crippen LogP contribution is -2.60. The van der Waals surface area contributed by atoms with Crippen molar-refractivity contribution < 1.29 is 44.1 Å². The molecule has 0 bridgehead atoms. The van der Waals surface area contributed by atoms with Gasteiger partial charge in [-0.05, 0) is 6.92 Å². The van der Waals surface area contributed by atoms with Crippen LogP contribution in [0.5, 0.6) is 0 Å². The molecule has 0 spiro atoms. The Balaban J connectivity index is 5.45. The number of thiol groups is 1. The third-order valence-corrected chi connectivity index (χ3v) is 4.02. The molecule has 0 saturated carbocycles. The average Bonchev–Trinajstić information content (AvgIpc) is 2.62. The summed E-state index contributed by atoms with van der Waals surface area (Å²) < 4.78 is 0. The molecule has 0 aliphatic heterocycles. The van der Waals surface area contributed by atoms with Gasteiger partial charge in [0, 0.05) is 5.75 Å². The van der Waals surface area contributed by atoms with Gasteiger partial charge >= 0.3 is 11.9 Å². The van der Waals surface area contributed by atoms with Crippen LogP contribution in [-0.2, 0) is 28.8 Å². The van der Waals surface area contributed by atoms with E-state index in [-0.39, 0.29) is 5.75 Å². The van der Waals surface area contributed by atoms with Gasteiger partial charge in [-0.25, -0.2) is 4.79 Å². The number of hydrogen-bond acceptors (Lipinski definition) is 9.